The number of hydrogen-bond donors (Lipinski definition) is 3. The molecule has 1 unspecified atom stereocenters. The summed E-state index contributed by atoms with van der Waals surface area (Å²) in [4.78, 5) is 34.4. The van der Waals surface area contributed by atoms with Crippen LogP contribution < -0.4 is 20.3 Å². The minimum absolute atomic E-state index is 0.150. The molecule has 0 spiro atoms. The second-order valence-electron chi connectivity index (χ2n) is 10.0. The van der Waals surface area contributed by atoms with Crippen molar-refractivity contribution < 1.29 is 14.3 Å². The van der Waals surface area contributed by atoms with Crippen molar-refractivity contribution in [2.75, 3.05) is 44.2 Å². The zero-order valence-corrected chi connectivity index (χ0v) is 22.9. The lowest BCUT2D eigenvalue weighted by Gasteiger charge is -2.35. The van der Waals surface area contributed by atoms with E-state index in [9.17, 15) is 9.59 Å². The molecule has 2 heterocycles. The van der Waals surface area contributed by atoms with Gasteiger partial charge in [-0.15, -0.1) is 0 Å². The van der Waals surface area contributed by atoms with Crippen molar-refractivity contribution in [1.29, 1.82) is 0 Å². The number of carbonyl (C=O) groups is 2. The van der Waals surface area contributed by atoms with Crippen LogP contribution in [-0.2, 0) is 22.6 Å². The molecule has 0 saturated carbocycles. The standard InChI is InChI=1S/C32H37N5O3/c1-2-40-30-15-9-6-10-24(30)21-34-32(39)29(20-25-22-33-28-14-8-7-13-27(25)28)35-31(38)23-36-16-18-37(19-17-36)26-11-4-3-5-12-26/h3-15,22,29,33H,2,16-21,23H2,1H3,(H,34,39)(H,35,38). The van der Waals surface area contributed by atoms with Gasteiger partial charge in [-0.05, 0) is 36.8 Å². The zero-order valence-electron chi connectivity index (χ0n) is 22.9. The second kappa shape index (κ2) is 13.2. The molecule has 1 saturated heterocycles. The van der Waals surface area contributed by atoms with Crippen LogP contribution in [0.4, 0.5) is 5.69 Å². The second-order valence-corrected chi connectivity index (χ2v) is 10.0. The number of fused-ring (bicyclic) bond motifs is 1. The first-order valence-electron chi connectivity index (χ1n) is 14.0. The minimum atomic E-state index is -0.712. The molecular weight excluding hydrogens is 502 g/mol. The van der Waals surface area contributed by atoms with Crippen LogP contribution in [0.15, 0.2) is 85.1 Å². The van der Waals surface area contributed by atoms with Crippen molar-refractivity contribution in [2.24, 2.45) is 0 Å². The number of amides is 2. The molecule has 1 fully saturated rings. The molecule has 3 aromatic carbocycles. The predicted molar refractivity (Wildman–Crippen MR) is 158 cm³/mol. The number of hydrogen-bond acceptors (Lipinski definition) is 5. The maximum atomic E-state index is 13.5. The summed E-state index contributed by atoms with van der Waals surface area (Å²) >= 11 is 0. The van der Waals surface area contributed by atoms with Gasteiger partial charge in [0.15, 0.2) is 0 Å². The van der Waals surface area contributed by atoms with Crippen LogP contribution in [0.3, 0.4) is 0 Å². The first-order valence-corrected chi connectivity index (χ1v) is 14.0. The Balaban J connectivity index is 1.23. The number of anilines is 1. The molecular formula is C32H37N5O3. The quantitative estimate of drug-likeness (QED) is 0.270. The van der Waals surface area contributed by atoms with Gasteiger partial charge in [0.25, 0.3) is 0 Å². The highest BCUT2D eigenvalue weighted by molar-refractivity contribution is 5.90. The van der Waals surface area contributed by atoms with E-state index in [-0.39, 0.29) is 18.4 Å². The van der Waals surface area contributed by atoms with Crippen LogP contribution in [0, 0.1) is 0 Å². The normalized spacial score (nSPS) is 14.6. The highest BCUT2D eigenvalue weighted by Crippen LogP contribution is 2.21. The van der Waals surface area contributed by atoms with Gasteiger partial charge in [0.05, 0.1) is 13.2 Å². The molecule has 0 bridgehead atoms. The Kier molecular flexibility index (Phi) is 8.98. The first-order chi connectivity index (χ1) is 19.6. The van der Waals surface area contributed by atoms with Gasteiger partial charge in [0, 0.05) is 67.5 Å². The largest absolute Gasteiger partial charge is 0.494 e. The minimum Gasteiger partial charge on any atom is -0.494 e. The van der Waals surface area contributed by atoms with Crippen LogP contribution >= 0.6 is 0 Å². The van der Waals surface area contributed by atoms with E-state index in [1.54, 1.807) is 0 Å². The maximum absolute atomic E-state index is 13.5. The molecule has 3 N–H and O–H groups in total. The third-order valence-electron chi connectivity index (χ3n) is 7.34. The highest BCUT2D eigenvalue weighted by Gasteiger charge is 2.25. The Morgan fingerprint density at radius 3 is 2.42 bits per heavy atom. The summed E-state index contributed by atoms with van der Waals surface area (Å²) in [5.41, 5.74) is 4.09. The monoisotopic (exact) mass is 539 g/mol. The molecule has 0 aliphatic carbocycles. The van der Waals surface area contributed by atoms with E-state index in [0.29, 0.717) is 19.6 Å². The van der Waals surface area contributed by atoms with E-state index in [1.165, 1.54) is 5.69 Å². The predicted octanol–water partition coefficient (Wildman–Crippen LogP) is 3.73. The lowest BCUT2D eigenvalue weighted by Crippen LogP contribution is -2.53. The summed E-state index contributed by atoms with van der Waals surface area (Å²) in [7, 11) is 0. The van der Waals surface area contributed by atoms with E-state index in [0.717, 1.165) is 54.0 Å². The molecule has 1 aliphatic heterocycles. The molecule has 5 rings (SSSR count). The van der Waals surface area contributed by atoms with Crippen molar-refractivity contribution in [3.63, 3.8) is 0 Å². The topological polar surface area (TPSA) is 89.7 Å². The van der Waals surface area contributed by atoms with Gasteiger partial charge in [-0.3, -0.25) is 14.5 Å². The number of ether oxygens (including phenoxy) is 1. The van der Waals surface area contributed by atoms with Gasteiger partial charge in [-0.2, -0.15) is 0 Å². The number of nitrogens with one attached hydrogen (secondary N) is 3. The molecule has 208 valence electrons. The average molecular weight is 540 g/mol. The number of rotatable bonds is 11. The highest BCUT2D eigenvalue weighted by atomic mass is 16.5. The van der Waals surface area contributed by atoms with Crippen molar-refractivity contribution >= 4 is 28.4 Å². The molecule has 8 nitrogen and oxygen atoms in total. The molecule has 40 heavy (non-hydrogen) atoms. The third-order valence-corrected chi connectivity index (χ3v) is 7.34. The number of piperazine rings is 1. The summed E-state index contributed by atoms with van der Waals surface area (Å²) in [6, 6.07) is 25.3. The van der Waals surface area contributed by atoms with Crippen molar-refractivity contribution in [1.82, 2.24) is 20.5 Å². The SMILES string of the molecule is CCOc1ccccc1CNC(=O)C(Cc1c[nH]c2ccccc12)NC(=O)CN1CCN(c2ccccc2)CC1. The fraction of sp³-hybridized carbons (Fsp3) is 0.312. The Hall–Kier alpha value is -4.30. The smallest absolute Gasteiger partial charge is 0.243 e. The van der Waals surface area contributed by atoms with Gasteiger partial charge in [-0.1, -0.05) is 54.6 Å². The Morgan fingerprint density at radius 1 is 0.900 bits per heavy atom. The van der Waals surface area contributed by atoms with E-state index < -0.39 is 6.04 Å². The number of aromatic nitrogens is 1. The summed E-state index contributed by atoms with van der Waals surface area (Å²) in [6.07, 6.45) is 2.31. The van der Waals surface area contributed by atoms with Crippen LogP contribution in [-0.4, -0.2) is 67.1 Å². The van der Waals surface area contributed by atoms with Gasteiger partial charge in [0.2, 0.25) is 11.8 Å². The van der Waals surface area contributed by atoms with Crippen molar-refractivity contribution in [3.8, 4) is 5.75 Å². The number of carbonyl (C=O) groups excluding carboxylic acids is 2. The summed E-state index contributed by atoms with van der Waals surface area (Å²) in [5.74, 6) is 0.374. The van der Waals surface area contributed by atoms with Crippen LogP contribution in [0.5, 0.6) is 5.75 Å². The molecule has 4 aromatic rings. The lowest BCUT2D eigenvalue weighted by atomic mass is 10.0. The summed E-state index contributed by atoms with van der Waals surface area (Å²) in [6.45, 7) is 6.34. The fourth-order valence-corrected chi connectivity index (χ4v) is 5.23. The molecule has 2 amide bonds. The van der Waals surface area contributed by atoms with Gasteiger partial charge >= 0.3 is 0 Å². The van der Waals surface area contributed by atoms with Crippen molar-refractivity contribution in [3.05, 3.63) is 96.2 Å². The zero-order chi connectivity index (χ0) is 27.7. The van der Waals surface area contributed by atoms with Crippen LogP contribution in [0.2, 0.25) is 0 Å². The molecule has 1 aliphatic rings. The van der Waals surface area contributed by atoms with Crippen molar-refractivity contribution in [2.45, 2.75) is 25.9 Å². The van der Waals surface area contributed by atoms with E-state index in [4.69, 9.17) is 4.74 Å². The Bertz CT molecular complexity index is 1410. The third kappa shape index (κ3) is 6.82. The van der Waals surface area contributed by atoms with E-state index in [2.05, 4.69) is 37.6 Å². The van der Waals surface area contributed by atoms with Gasteiger partial charge in [0.1, 0.15) is 11.8 Å². The van der Waals surface area contributed by atoms with E-state index in [1.807, 2.05) is 79.9 Å². The van der Waals surface area contributed by atoms with E-state index >= 15 is 0 Å². The average Bonchev–Trinajstić information content (AvgIpc) is 3.40. The summed E-state index contributed by atoms with van der Waals surface area (Å²) < 4.78 is 5.71. The summed E-state index contributed by atoms with van der Waals surface area (Å²) in [5, 5.41) is 7.11. The first kappa shape index (κ1) is 27.3. The van der Waals surface area contributed by atoms with Gasteiger partial charge < -0.3 is 25.3 Å². The van der Waals surface area contributed by atoms with Crippen LogP contribution in [0.25, 0.3) is 10.9 Å². The molecule has 8 heteroatoms. The maximum Gasteiger partial charge on any atom is 0.243 e. The number of aromatic amines is 1. The number of benzene rings is 3. The Morgan fingerprint density at radius 2 is 1.62 bits per heavy atom. The Labute approximate surface area is 235 Å². The molecule has 1 atom stereocenters. The van der Waals surface area contributed by atoms with Gasteiger partial charge in [-0.25, -0.2) is 0 Å². The molecule has 1 aromatic heterocycles. The number of H-pyrrole nitrogens is 1. The van der Waals surface area contributed by atoms with Crippen LogP contribution in [0.1, 0.15) is 18.1 Å². The molecule has 0 radical (unpaired) electrons. The number of nitrogens with zero attached hydrogens (tertiary/aromatic N) is 2. The number of para-hydroxylation sites is 3. The fourth-order valence-electron chi connectivity index (χ4n) is 5.23. The lowest BCUT2D eigenvalue weighted by molar-refractivity contribution is -0.129.